The van der Waals surface area contributed by atoms with Crippen molar-refractivity contribution in [3.8, 4) is 5.69 Å². The molecule has 0 aliphatic carbocycles. The molecule has 1 aromatic heterocycles. The average Bonchev–Trinajstić information content (AvgIpc) is 3.35. The summed E-state index contributed by atoms with van der Waals surface area (Å²) < 4.78 is 1.87. The Morgan fingerprint density at radius 3 is 2.81 bits per heavy atom. The number of hydrogen-bond donors (Lipinski definition) is 0. The van der Waals surface area contributed by atoms with Gasteiger partial charge in [-0.1, -0.05) is 18.2 Å². The van der Waals surface area contributed by atoms with Crippen LogP contribution in [0.2, 0.25) is 0 Å². The van der Waals surface area contributed by atoms with Gasteiger partial charge in [0.2, 0.25) is 0 Å². The molecule has 6 heteroatoms. The van der Waals surface area contributed by atoms with E-state index in [2.05, 4.69) is 83.3 Å². The summed E-state index contributed by atoms with van der Waals surface area (Å²) in [4.78, 5) is 11.9. The molecule has 1 atom stereocenters. The maximum Gasteiger partial charge on any atom is 0.152 e. The maximum atomic E-state index is 4.97. The molecule has 4 rings (SSSR count). The van der Waals surface area contributed by atoms with Crippen molar-refractivity contribution < 1.29 is 0 Å². The molecule has 6 nitrogen and oxygen atoms in total. The van der Waals surface area contributed by atoms with Crippen LogP contribution in [-0.4, -0.2) is 63.3 Å². The standard InChI is InChI=1S/C21H26N6/c1-4-25-15-19-21(26(5-2)16-25)23-20(24(19)3)11-10-17-8-6-9-18(14-17)27-13-7-12-22-27/h6-15,20H,4-5,16H2,1-3H3/b11-10+. The first-order valence-electron chi connectivity index (χ1n) is 9.49. The second kappa shape index (κ2) is 7.31. The summed E-state index contributed by atoms with van der Waals surface area (Å²) in [5, 5.41) is 4.30. The van der Waals surface area contributed by atoms with Crippen LogP contribution in [0.1, 0.15) is 19.4 Å². The van der Waals surface area contributed by atoms with Crippen LogP contribution in [0.4, 0.5) is 0 Å². The summed E-state index contributed by atoms with van der Waals surface area (Å²) in [5.74, 6) is 1.10. The molecule has 0 radical (unpaired) electrons. The second-order valence-electron chi connectivity index (χ2n) is 6.80. The van der Waals surface area contributed by atoms with Gasteiger partial charge in [0.25, 0.3) is 0 Å². The lowest BCUT2D eigenvalue weighted by atomic mass is 10.2. The van der Waals surface area contributed by atoms with Crippen LogP contribution in [0.25, 0.3) is 11.8 Å². The van der Waals surface area contributed by atoms with E-state index in [4.69, 9.17) is 4.99 Å². The Kier molecular flexibility index (Phi) is 4.71. The van der Waals surface area contributed by atoms with Gasteiger partial charge in [0.1, 0.15) is 6.17 Å². The van der Waals surface area contributed by atoms with E-state index in [1.54, 1.807) is 6.20 Å². The van der Waals surface area contributed by atoms with E-state index in [1.807, 2.05) is 16.9 Å². The Bertz CT molecular complexity index is 880. The number of benzene rings is 1. The molecule has 2 aliphatic heterocycles. The number of aliphatic imine (C=N–C) groups is 1. The van der Waals surface area contributed by atoms with Crippen molar-refractivity contribution in [3.63, 3.8) is 0 Å². The van der Waals surface area contributed by atoms with Gasteiger partial charge in [-0.2, -0.15) is 5.10 Å². The monoisotopic (exact) mass is 362 g/mol. The largest absolute Gasteiger partial charge is 0.358 e. The van der Waals surface area contributed by atoms with Crippen molar-refractivity contribution in [1.82, 2.24) is 24.5 Å². The van der Waals surface area contributed by atoms with Crippen molar-refractivity contribution in [2.75, 3.05) is 26.8 Å². The SMILES string of the molecule is CCN1C=C2C(=NC(/C=C/c3cccc(-n4cccn4)c3)N2C)N(CC)C1. The highest BCUT2D eigenvalue weighted by atomic mass is 15.4. The highest BCUT2D eigenvalue weighted by Crippen LogP contribution is 2.26. The molecule has 0 bridgehead atoms. The zero-order valence-corrected chi connectivity index (χ0v) is 16.2. The van der Waals surface area contributed by atoms with Gasteiger partial charge < -0.3 is 14.7 Å². The Hall–Kier alpha value is -3.02. The van der Waals surface area contributed by atoms with Crippen molar-refractivity contribution in [2.24, 2.45) is 4.99 Å². The van der Waals surface area contributed by atoms with E-state index < -0.39 is 0 Å². The molecule has 1 aromatic carbocycles. The predicted octanol–water partition coefficient (Wildman–Crippen LogP) is 3.01. The Balaban J connectivity index is 1.57. The van der Waals surface area contributed by atoms with Gasteiger partial charge in [-0.15, -0.1) is 0 Å². The third-order valence-corrected chi connectivity index (χ3v) is 5.11. The molecule has 27 heavy (non-hydrogen) atoms. The molecule has 2 aliphatic rings. The van der Waals surface area contributed by atoms with Crippen LogP contribution >= 0.6 is 0 Å². The quantitative estimate of drug-likeness (QED) is 0.820. The van der Waals surface area contributed by atoms with Crippen LogP contribution in [0.5, 0.6) is 0 Å². The van der Waals surface area contributed by atoms with Crippen LogP contribution in [-0.2, 0) is 0 Å². The minimum absolute atomic E-state index is 0.0189. The van der Waals surface area contributed by atoms with Crippen LogP contribution in [0.3, 0.4) is 0 Å². The highest BCUT2D eigenvalue weighted by molar-refractivity contribution is 6.00. The maximum absolute atomic E-state index is 4.97. The lowest BCUT2D eigenvalue weighted by molar-refractivity contribution is 0.242. The molecule has 140 valence electrons. The normalized spacial score (nSPS) is 19.5. The molecule has 0 saturated heterocycles. The summed E-state index contributed by atoms with van der Waals surface area (Å²) in [5.41, 5.74) is 3.40. The number of nitrogens with zero attached hydrogens (tertiary/aromatic N) is 6. The van der Waals surface area contributed by atoms with Crippen molar-refractivity contribution in [2.45, 2.75) is 20.0 Å². The first kappa shape index (κ1) is 17.4. The van der Waals surface area contributed by atoms with E-state index in [9.17, 15) is 0 Å². The van der Waals surface area contributed by atoms with Crippen molar-refractivity contribution >= 4 is 11.9 Å². The van der Waals surface area contributed by atoms with Crippen molar-refractivity contribution in [1.29, 1.82) is 0 Å². The molecule has 0 spiro atoms. The molecular formula is C21H26N6. The molecule has 3 heterocycles. The van der Waals surface area contributed by atoms with Gasteiger partial charge in [0.15, 0.2) is 5.84 Å². The van der Waals surface area contributed by atoms with Crippen LogP contribution in [0.15, 0.2) is 65.7 Å². The lowest BCUT2D eigenvalue weighted by Gasteiger charge is -2.36. The Morgan fingerprint density at radius 2 is 2.07 bits per heavy atom. The van der Waals surface area contributed by atoms with E-state index >= 15 is 0 Å². The molecule has 0 saturated carbocycles. The van der Waals surface area contributed by atoms with Crippen molar-refractivity contribution in [3.05, 3.63) is 66.3 Å². The molecule has 1 unspecified atom stereocenters. The zero-order valence-electron chi connectivity index (χ0n) is 16.2. The molecule has 0 N–H and O–H groups in total. The number of rotatable bonds is 5. The van der Waals surface area contributed by atoms with Gasteiger partial charge in [-0.3, -0.25) is 0 Å². The number of hydrogen-bond acceptors (Lipinski definition) is 5. The fourth-order valence-corrected chi connectivity index (χ4v) is 3.47. The number of amidine groups is 1. The summed E-state index contributed by atoms with van der Waals surface area (Å²) in [6.07, 6.45) is 10.3. The lowest BCUT2D eigenvalue weighted by Crippen LogP contribution is -2.45. The first-order valence-corrected chi connectivity index (χ1v) is 9.49. The summed E-state index contributed by atoms with van der Waals surface area (Å²) >= 11 is 0. The topological polar surface area (TPSA) is 39.9 Å². The van der Waals surface area contributed by atoms with E-state index in [0.717, 1.165) is 36.8 Å². The summed E-state index contributed by atoms with van der Waals surface area (Å²) in [6, 6.07) is 10.3. The Labute approximate surface area is 160 Å². The van der Waals surface area contributed by atoms with Gasteiger partial charge in [-0.05, 0) is 43.7 Å². The van der Waals surface area contributed by atoms with E-state index in [-0.39, 0.29) is 6.17 Å². The first-order chi connectivity index (χ1) is 13.2. The fourth-order valence-electron chi connectivity index (χ4n) is 3.47. The molecular weight excluding hydrogens is 336 g/mol. The number of aromatic nitrogens is 2. The predicted molar refractivity (Wildman–Crippen MR) is 109 cm³/mol. The minimum atomic E-state index is 0.0189. The van der Waals surface area contributed by atoms with Gasteiger partial charge in [0.05, 0.1) is 18.1 Å². The summed E-state index contributed by atoms with van der Waals surface area (Å²) in [7, 11) is 2.12. The average molecular weight is 362 g/mol. The zero-order chi connectivity index (χ0) is 18.8. The van der Waals surface area contributed by atoms with Crippen LogP contribution in [0, 0.1) is 0 Å². The molecule has 2 aromatic rings. The smallest absolute Gasteiger partial charge is 0.152 e. The molecule has 0 amide bonds. The minimum Gasteiger partial charge on any atom is -0.358 e. The Morgan fingerprint density at radius 1 is 1.19 bits per heavy atom. The van der Waals surface area contributed by atoms with Gasteiger partial charge in [-0.25, -0.2) is 9.67 Å². The fraction of sp³-hybridized carbons (Fsp3) is 0.333. The summed E-state index contributed by atoms with van der Waals surface area (Å²) in [6.45, 7) is 7.24. The van der Waals surface area contributed by atoms with Crippen LogP contribution < -0.4 is 0 Å². The highest BCUT2D eigenvalue weighted by Gasteiger charge is 2.33. The number of likely N-dealkylation sites (N-methyl/N-ethyl adjacent to an activating group) is 2. The third kappa shape index (κ3) is 3.35. The molecule has 0 fully saturated rings. The number of fused-ring (bicyclic) bond motifs is 1. The van der Waals surface area contributed by atoms with Gasteiger partial charge >= 0.3 is 0 Å². The second-order valence-corrected chi connectivity index (χ2v) is 6.80. The van der Waals surface area contributed by atoms with E-state index in [0.29, 0.717) is 0 Å². The van der Waals surface area contributed by atoms with Gasteiger partial charge in [0, 0.05) is 38.7 Å². The van der Waals surface area contributed by atoms with E-state index in [1.165, 1.54) is 5.70 Å². The third-order valence-electron chi connectivity index (χ3n) is 5.11.